The molecule has 10 aromatic heterocycles. The fraction of sp³-hybridized carbons (Fsp3) is 0. The smallest absolute Gasteiger partial charge is 0.0595 e. The van der Waals surface area contributed by atoms with Crippen LogP contribution in [0, 0.1) is 60.7 Å². The quantitative estimate of drug-likeness (QED) is 0.122. The minimum absolute atomic E-state index is 0. The number of fused-ring (bicyclic) bond motifs is 6. The van der Waals surface area contributed by atoms with Gasteiger partial charge in [-0.3, -0.25) is 15.0 Å². The summed E-state index contributed by atoms with van der Waals surface area (Å²) in [7, 11) is 0. The summed E-state index contributed by atoms with van der Waals surface area (Å²) in [6.45, 7) is 0. The van der Waals surface area contributed by atoms with Crippen molar-refractivity contribution in [3.05, 3.63) is 620 Å². The average molecular weight is 3000 g/mol. The Morgan fingerprint density at radius 2 is 0.300 bits per heavy atom. The summed E-state index contributed by atoms with van der Waals surface area (Å²) in [5, 5.41) is 10.7. The van der Waals surface area contributed by atoms with Crippen LogP contribution in [-0.4, -0.2) is 49.8 Å². The van der Waals surface area contributed by atoms with E-state index in [9.17, 15) is 0 Å². The van der Waals surface area contributed by atoms with Crippen LogP contribution in [0.15, 0.2) is 559 Å². The largest absolute Gasteiger partial charge is 0.305 e. The van der Waals surface area contributed by atoms with E-state index in [1.807, 2.05) is 461 Å². The van der Waals surface area contributed by atoms with Crippen LogP contribution in [0.2, 0.25) is 0 Å². The Hall–Kier alpha value is -15.5. The minimum atomic E-state index is 0. The van der Waals surface area contributed by atoms with Gasteiger partial charge >= 0.3 is 0 Å². The molecule has 0 unspecified atom stereocenters. The maximum absolute atomic E-state index is 4.61. The molecule has 0 fully saturated rings. The molecule has 0 amide bonds. The summed E-state index contributed by atoms with van der Waals surface area (Å²) in [6, 6.07) is 202. The first kappa shape index (κ1) is 115. The molecule has 10 nitrogen and oxygen atoms in total. The van der Waals surface area contributed by atoms with Crippen LogP contribution in [0.3, 0.4) is 0 Å². The zero-order valence-electron chi connectivity index (χ0n) is 80.6. The van der Waals surface area contributed by atoms with Gasteiger partial charge in [0.05, 0.1) is 16.6 Å². The minimum Gasteiger partial charge on any atom is -0.305 e. The third kappa shape index (κ3) is 34.0. The van der Waals surface area contributed by atoms with Crippen LogP contribution in [0.5, 0.6) is 0 Å². The molecule has 6 radical (unpaired) electrons. The van der Waals surface area contributed by atoms with Crippen molar-refractivity contribution in [1.29, 1.82) is 0 Å². The number of para-hydroxylation sites is 3. The first-order chi connectivity index (χ1) is 71.5. The molecule has 0 aliphatic heterocycles. The standard InChI is InChI=1S/6C15H10N.4C11H8N.6Ir/c3*1-2-7-13(8-3-1)15-14-9-5-4-6-12(14)10-11-16-15;3*1-2-6-12(7-3-1)15-11-10-13-8-4-5-9-14(13)16-15;4*1-2-6-10(7-3-1)11-8-4-5-9-12-11;;;;;;/h3*1-7,9-11H;3*1-6,8-11H;4*1-6,8-9H;;;;;;/q10*-1;;;;;;. The second-order valence-electron chi connectivity index (χ2n) is 31.9. The molecule has 16 aromatic carbocycles. The number of rotatable bonds is 10. The zero-order valence-corrected chi connectivity index (χ0v) is 95.0. The van der Waals surface area contributed by atoms with E-state index < -0.39 is 0 Å². The number of aromatic nitrogens is 10. The molecule has 742 valence electrons. The Morgan fingerprint density at radius 1 is 0.120 bits per heavy atom. The third-order valence-corrected chi connectivity index (χ3v) is 22.3. The molecule has 0 N–H and O–H groups in total. The maximum atomic E-state index is 4.61. The number of hydrogen-bond acceptors (Lipinski definition) is 10. The maximum Gasteiger partial charge on any atom is 0.0595 e. The Morgan fingerprint density at radius 3 is 0.500 bits per heavy atom. The summed E-state index contributed by atoms with van der Waals surface area (Å²) in [5.74, 6) is 0. The van der Waals surface area contributed by atoms with Crippen LogP contribution < -0.4 is 0 Å². The second kappa shape index (κ2) is 63.2. The fourth-order valence-electron chi connectivity index (χ4n) is 15.2. The number of pyridine rings is 10. The molecular formula is C134H92Ir6N10-10. The van der Waals surface area contributed by atoms with Gasteiger partial charge in [0.15, 0.2) is 0 Å². The van der Waals surface area contributed by atoms with Gasteiger partial charge in [0, 0.05) is 164 Å². The van der Waals surface area contributed by atoms with Gasteiger partial charge in [-0.15, -0.1) is 359 Å². The van der Waals surface area contributed by atoms with E-state index in [0.29, 0.717) is 0 Å². The average Bonchev–Trinajstić information content (AvgIpc) is 0.806. The van der Waals surface area contributed by atoms with Gasteiger partial charge in [-0.05, 0) is 166 Å². The van der Waals surface area contributed by atoms with E-state index in [1.54, 1.807) is 24.8 Å². The monoisotopic (exact) mass is 3000 g/mol. The van der Waals surface area contributed by atoms with Gasteiger partial charge in [0.1, 0.15) is 0 Å². The van der Waals surface area contributed by atoms with Crippen molar-refractivity contribution in [2.75, 3.05) is 0 Å². The van der Waals surface area contributed by atoms with Crippen molar-refractivity contribution in [3.8, 4) is 113 Å². The summed E-state index contributed by atoms with van der Waals surface area (Å²) in [4.78, 5) is 44.1. The van der Waals surface area contributed by atoms with Crippen molar-refractivity contribution in [2.45, 2.75) is 0 Å². The van der Waals surface area contributed by atoms with Crippen LogP contribution in [0.25, 0.3) is 178 Å². The van der Waals surface area contributed by atoms with Crippen molar-refractivity contribution < 1.29 is 121 Å². The number of nitrogens with zero attached hydrogens (tertiary/aromatic N) is 10. The Labute approximate surface area is 958 Å². The molecular weight excluding hydrogens is 2900 g/mol. The van der Waals surface area contributed by atoms with E-state index in [0.717, 1.165) is 129 Å². The predicted molar refractivity (Wildman–Crippen MR) is 590 cm³/mol. The molecule has 0 spiro atoms. The Bertz CT molecular complexity index is 7310. The predicted octanol–water partition coefficient (Wildman–Crippen LogP) is 32.4. The molecule has 0 saturated carbocycles. The normalized spacial score (nSPS) is 9.81. The van der Waals surface area contributed by atoms with E-state index in [2.05, 4.69) is 183 Å². The van der Waals surface area contributed by atoms with Gasteiger partial charge < -0.3 is 34.9 Å². The van der Waals surface area contributed by atoms with E-state index >= 15 is 0 Å². The van der Waals surface area contributed by atoms with E-state index in [1.165, 1.54) is 48.5 Å². The van der Waals surface area contributed by atoms with Crippen molar-refractivity contribution in [3.63, 3.8) is 0 Å². The van der Waals surface area contributed by atoms with Gasteiger partial charge in [-0.25, -0.2) is 0 Å². The van der Waals surface area contributed by atoms with Crippen molar-refractivity contribution >= 4 is 65.0 Å². The summed E-state index contributed by atoms with van der Waals surface area (Å²) >= 11 is 0. The fourth-order valence-corrected chi connectivity index (χ4v) is 15.2. The molecule has 0 bridgehead atoms. The molecule has 16 heteroatoms. The van der Waals surface area contributed by atoms with Crippen LogP contribution in [0.1, 0.15) is 0 Å². The van der Waals surface area contributed by atoms with Crippen LogP contribution in [0.4, 0.5) is 0 Å². The summed E-state index contributed by atoms with van der Waals surface area (Å²) in [6.07, 6.45) is 12.7. The Kier molecular flexibility index (Phi) is 48.4. The van der Waals surface area contributed by atoms with Crippen LogP contribution in [-0.2, 0) is 121 Å². The number of benzene rings is 16. The van der Waals surface area contributed by atoms with E-state index in [4.69, 9.17) is 0 Å². The van der Waals surface area contributed by atoms with Gasteiger partial charge in [0.25, 0.3) is 0 Å². The van der Waals surface area contributed by atoms with Gasteiger partial charge in [-0.2, -0.15) is 0 Å². The molecule has 0 aliphatic rings. The molecule has 0 saturated heterocycles. The van der Waals surface area contributed by atoms with Gasteiger partial charge in [0.2, 0.25) is 0 Å². The first-order valence-corrected chi connectivity index (χ1v) is 47.0. The van der Waals surface area contributed by atoms with E-state index in [-0.39, 0.29) is 121 Å². The topological polar surface area (TPSA) is 129 Å². The molecule has 0 aliphatic carbocycles. The Balaban J connectivity index is 0.000000158. The SMILES string of the molecule is [Ir].[Ir].[Ir].[Ir].[Ir].[Ir].[c-]1ccccc1-c1ccc2ccccc2n1.[c-]1ccccc1-c1ccc2ccccc2n1.[c-]1ccccc1-c1ccc2ccccc2n1.[c-]1ccccc1-c1ccccn1.[c-]1ccccc1-c1ccccn1.[c-]1ccccc1-c1ccccn1.[c-]1ccccc1-c1ccccn1.[c-]1ccccc1-c1nccc2ccccc12.[c-]1ccccc1-c1nccc2ccccc12.[c-]1ccccc1-c1nccc2ccccc12. The molecule has 26 aromatic rings. The summed E-state index contributed by atoms with van der Waals surface area (Å²) in [5.41, 5.74) is 23.3. The van der Waals surface area contributed by atoms with Gasteiger partial charge in [-0.1, -0.05) is 212 Å². The second-order valence-corrected chi connectivity index (χ2v) is 31.9. The summed E-state index contributed by atoms with van der Waals surface area (Å²) < 4.78 is 0. The first-order valence-electron chi connectivity index (χ1n) is 47.0. The molecule has 26 rings (SSSR count). The van der Waals surface area contributed by atoms with Crippen molar-refractivity contribution in [2.24, 2.45) is 0 Å². The van der Waals surface area contributed by atoms with Crippen LogP contribution >= 0.6 is 0 Å². The molecule has 0 atom stereocenters. The molecule has 10 heterocycles. The molecule has 150 heavy (non-hydrogen) atoms. The zero-order chi connectivity index (χ0) is 97.7. The number of hydrogen-bond donors (Lipinski definition) is 0. The van der Waals surface area contributed by atoms with Crippen molar-refractivity contribution in [1.82, 2.24) is 49.8 Å². The third-order valence-electron chi connectivity index (χ3n) is 22.3.